The first-order valence-corrected chi connectivity index (χ1v) is 10.2. The third-order valence-electron chi connectivity index (χ3n) is 6.91. The second kappa shape index (κ2) is 11.3. The first-order chi connectivity index (χ1) is 11.9. The summed E-state index contributed by atoms with van der Waals surface area (Å²) >= 11 is 0. The van der Waals surface area contributed by atoms with Crippen LogP contribution in [0.1, 0.15) is 72.1 Å². The lowest BCUT2D eigenvalue weighted by atomic mass is 9.67. The molecule has 25 heavy (non-hydrogen) atoms. The zero-order valence-electron chi connectivity index (χ0n) is 16.9. The third kappa shape index (κ3) is 6.34. The van der Waals surface area contributed by atoms with Gasteiger partial charge in [-0.25, -0.2) is 8.78 Å². The van der Waals surface area contributed by atoms with Crippen LogP contribution in [0.3, 0.4) is 0 Å². The molecule has 2 saturated carbocycles. The van der Waals surface area contributed by atoms with Crippen LogP contribution in [-0.4, -0.2) is 25.6 Å². The largest absolute Gasteiger partial charge is 0.379 e. The summed E-state index contributed by atoms with van der Waals surface area (Å²) in [5, 5.41) is 0. The molecule has 0 aromatic rings. The molecule has 0 aromatic carbocycles. The van der Waals surface area contributed by atoms with Crippen molar-refractivity contribution in [2.24, 2.45) is 29.6 Å². The maximum Gasteiger partial charge on any atom is 0.157 e. The van der Waals surface area contributed by atoms with Crippen LogP contribution in [0.5, 0.6) is 0 Å². The van der Waals surface area contributed by atoms with Crippen molar-refractivity contribution in [3.05, 3.63) is 13.2 Å². The molecule has 2 fully saturated rings. The van der Waals surface area contributed by atoms with Crippen molar-refractivity contribution >= 4 is 0 Å². The smallest absolute Gasteiger partial charge is 0.157 e. The van der Waals surface area contributed by atoms with Gasteiger partial charge in [-0.3, -0.25) is 0 Å². The molecule has 2 rings (SSSR count). The minimum Gasteiger partial charge on any atom is -0.379 e. The first-order valence-electron chi connectivity index (χ1n) is 10.2. The van der Waals surface area contributed by atoms with E-state index < -0.39 is 18.4 Å². The van der Waals surface area contributed by atoms with Crippen LogP contribution in [-0.2, 0) is 4.74 Å². The van der Waals surface area contributed by atoms with E-state index >= 15 is 0 Å². The molecular weight excluding hydrogens is 318 g/mol. The first kappa shape index (κ1) is 22.6. The van der Waals surface area contributed by atoms with Gasteiger partial charge in [-0.1, -0.05) is 26.7 Å². The summed E-state index contributed by atoms with van der Waals surface area (Å²) < 4.78 is 33.5. The van der Waals surface area contributed by atoms with Crippen LogP contribution in [0.4, 0.5) is 8.78 Å². The number of rotatable bonds is 6. The molecule has 3 heteroatoms. The van der Waals surface area contributed by atoms with Gasteiger partial charge in [-0.05, 0) is 75.0 Å². The molecule has 0 radical (unpaired) electrons. The van der Waals surface area contributed by atoms with Crippen LogP contribution in [0.15, 0.2) is 13.2 Å². The quantitative estimate of drug-likeness (QED) is 0.476. The molecule has 0 N–H and O–H groups in total. The standard InChI is InChI=1S/C20H36F2O.C2H4/c1-13-5-7-17(8-6-13)18-11-9-16(10-12-18)14(2)19(21)20(22)15(3)23-4;1-2/h13-20H,5-12H2,1-4H3;1-2H2. The Bertz CT molecular complexity index is 346. The average Bonchev–Trinajstić information content (AvgIpc) is 2.68. The number of hydrogen-bond donors (Lipinski definition) is 0. The lowest BCUT2D eigenvalue weighted by molar-refractivity contribution is -0.0234. The van der Waals surface area contributed by atoms with Crippen molar-refractivity contribution in [3.63, 3.8) is 0 Å². The van der Waals surface area contributed by atoms with Crippen LogP contribution >= 0.6 is 0 Å². The Hall–Kier alpha value is -0.440. The van der Waals surface area contributed by atoms with Gasteiger partial charge in [0.1, 0.15) is 6.17 Å². The number of methoxy groups -OCH3 is 1. The van der Waals surface area contributed by atoms with Gasteiger partial charge in [0, 0.05) is 7.11 Å². The fourth-order valence-corrected chi connectivity index (χ4v) is 4.84. The van der Waals surface area contributed by atoms with Crippen molar-refractivity contribution in [2.45, 2.75) is 90.6 Å². The summed E-state index contributed by atoms with van der Waals surface area (Å²) in [7, 11) is 1.45. The van der Waals surface area contributed by atoms with Crippen molar-refractivity contribution in [2.75, 3.05) is 7.11 Å². The van der Waals surface area contributed by atoms with Gasteiger partial charge < -0.3 is 4.74 Å². The normalized spacial score (nSPS) is 35.0. The van der Waals surface area contributed by atoms with Gasteiger partial charge in [0.15, 0.2) is 6.17 Å². The Labute approximate surface area is 154 Å². The molecule has 2 aliphatic carbocycles. The number of hydrogen-bond acceptors (Lipinski definition) is 1. The molecule has 0 saturated heterocycles. The molecule has 0 spiro atoms. The van der Waals surface area contributed by atoms with Gasteiger partial charge in [0.05, 0.1) is 6.10 Å². The zero-order valence-corrected chi connectivity index (χ0v) is 16.9. The van der Waals surface area contributed by atoms with Gasteiger partial charge >= 0.3 is 0 Å². The van der Waals surface area contributed by atoms with Crippen molar-refractivity contribution < 1.29 is 13.5 Å². The summed E-state index contributed by atoms with van der Waals surface area (Å²) in [5.74, 6) is 2.77. The third-order valence-corrected chi connectivity index (χ3v) is 6.91. The number of ether oxygens (including phenoxy) is 1. The molecule has 4 atom stereocenters. The predicted molar refractivity (Wildman–Crippen MR) is 103 cm³/mol. The molecule has 1 nitrogen and oxygen atoms in total. The van der Waals surface area contributed by atoms with E-state index in [0.717, 1.165) is 30.6 Å². The maximum absolute atomic E-state index is 14.5. The fraction of sp³-hybridized carbons (Fsp3) is 0.909. The Balaban J connectivity index is 0.00000151. The molecule has 2 aliphatic rings. The summed E-state index contributed by atoms with van der Waals surface area (Å²) in [4.78, 5) is 0. The monoisotopic (exact) mass is 358 g/mol. The highest BCUT2D eigenvalue weighted by atomic mass is 19.2. The lowest BCUT2D eigenvalue weighted by Crippen LogP contribution is -2.38. The van der Waals surface area contributed by atoms with E-state index in [2.05, 4.69) is 20.1 Å². The van der Waals surface area contributed by atoms with Crippen LogP contribution in [0.2, 0.25) is 0 Å². The molecule has 0 bridgehead atoms. The van der Waals surface area contributed by atoms with E-state index in [-0.39, 0.29) is 5.92 Å². The van der Waals surface area contributed by atoms with Gasteiger partial charge in [0.25, 0.3) is 0 Å². The van der Waals surface area contributed by atoms with E-state index in [0.29, 0.717) is 5.92 Å². The number of halogens is 2. The van der Waals surface area contributed by atoms with E-state index in [1.165, 1.54) is 45.6 Å². The zero-order chi connectivity index (χ0) is 19.0. The van der Waals surface area contributed by atoms with Gasteiger partial charge in [0.2, 0.25) is 0 Å². The Morgan fingerprint density at radius 1 is 0.800 bits per heavy atom. The van der Waals surface area contributed by atoms with Crippen LogP contribution in [0, 0.1) is 29.6 Å². The molecule has 148 valence electrons. The average molecular weight is 359 g/mol. The maximum atomic E-state index is 14.5. The van der Waals surface area contributed by atoms with Crippen molar-refractivity contribution in [1.29, 1.82) is 0 Å². The lowest BCUT2D eigenvalue weighted by Gasteiger charge is -2.39. The Morgan fingerprint density at radius 3 is 1.68 bits per heavy atom. The summed E-state index contributed by atoms with van der Waals surface area (Å²) in [5.41, 5.74) is 0. The van der Waals surface area contributed by atoms with Crippen LogP contribution in [0.25, 0.3) is 0 Å². The van der Waals surface area contributed by atoms with E-state index in [9.17, 15) is 8.78 Å². The Kier molecular flexibility index (Phi) is 10.2. The van der Waals surface area contributed by atoms with Crippen molar-refractivity contribution in [3.8, 4) is 0 Å². The van der Waals surface area contributed by atoms with E-state index in [4.69, 9.17) is 4.74 Å². The fourth-order valence-electron chi connectivity index (χ4n) is 4.84. The summed E-state index contributed by atoms with van der Waals surface area (Å²) in [6.45, 7) is 11.9. The molecule has 4 unspecified atom stereocenters. The minimum atomic E-state index is -1.51. The van der Waals surface area contributed by atoms with Crippen LogP contribution < -0.4 is 0 Å². The van der Waals surface area contributed by atoms with E-state index in [1.54, 1.807) is 6.92 Å². The van der Waals surface area contributed by atoms with Gasteiger partial charge in [-0.15, -0.1) is 13.2 Å². The highest BCUT2D eigenvalue weighted by Crippen LogP contribution is 2.43. The minimum absolute atomic E-state index is 0.199. The van der Waals surface area contributed by atoms with Gasteiger partial charge in [-0.2, -0.15) is 0 Å². The summed E-state index contributed by atoms with van der Waals surface area (Å²) in [6, 6.07) is 0. The molecular formula is C22H40F2O. The molecule has 0 heterocycles. The topological polar surface area (TPSA) is 9.23 Å². The summed E-state index contributed by atoms with van der Waals surface area (Å²) in [6.07, 6.45) is 6.56. The predicted octanol–water partition coefficient (Wildman–Crippen LogP) is 6.77. The SMILES string of the molecule is C=C.COC(C)C(F)C(F)C(C)C1CCC(C2CCC(C)CC2)CC1. The second-order valence-electron chi connectivity index (χ2n) is 8.38. The highest BCUT2D eigenvalue weighted by Gasteiger charge is 2.38. The number of alkyl halides is 2. The molecule has 0 amide bonds. The highest BCUT2D eigenvalue weighted by molar-refractivity contribution is 4.87. The Morgan fingerprint density at radius 2 is 1.24 bits per heavy atom. The molecule has 0 aromatic heterocycles. The van der Waals surface area contributed by atoms with E-state index in [1.807, 2.05) is 6.92 Å². The van der Waals surface area contributed by atoms with Crippen molar-refractivity contribution in [1.82, 2.24) is 0 Å². The second-order valence-corrected chi connectivity index (χ2v) is 8.38. The molecule has 0 aliphatic heterocycles.